The average Bonchev–Trinajstić information content (AvgIpc) is 3.74. The summed E-state index contributed by atoms with van der Waals surface area (Å²) in [5.74, 6) is -0.120. The zero-order valence-electron chi connectivity index (χ0n) is 22.3. The Hall–Kier alpha value is -4.38. The van der Waals surface area contributed by atoms with E-state index >= 15 is 0 Å². The lowest BCUT2D eigenvalue weighted by Crippen LogP contribution is -2.47. The van der Waals surface area contributed by atoms with E-state index in [1.54, 1.807) is 22.8 Å². The number of fused-ring (bicyclic) bond motifs is 3. The number of rotatable bonds is 9. The van der Waals surface area contributed by atoms with Gasteiger partial charge in [0.25, 0.3) is 5.91 Å². The number of thiazole rings is 1. The molecule has 1 atom stereocenters. The molecule has 0 bridgehead atoms. The van der Waals surface area contributed by atoms with E-state index in [0.717, 1.165) is 11.3 Å². The Morgan fingerprint density at radius 1 is 1.17 bits per heavy atom. The van der Waals surface area contributed by atoms with E-state index in [1.165, 1.54) is 22.9 Å². The summed E-state index contributed by atoms with van der Waals surface area (Å²) in [7, 11) is 0. The molecule has 0 saturated carbocycles. The number of nitrogen functional groups attached to an aromatic ring is 1. The summed E-state index contributed by atoms with van der Waals surface area (Å²) in [5, 5.41) is 25.1. The molecule has 16 heteroatoms. The molecule has 6 rings (SSSR count). The van der Waals surface area contributed by atoms with Crippen LogP contribution in [-0.2, 0) is 6.54 Å². The molecule has 0 aliphatic carbocycles. The Bertz CT molecular complexity index is 1790. The first-order valence-corrected chi connectivity index (χ1v) is 14.1. The molecule has 4 aromatic heterocycles. The Morgan fingerprint density at radius 2 is 1.98 bits per heavy atom. The first-order chi connectivity index (χ1) is 20.3. The van der Waals surface area contributed by atoms with Crippen molar-refractivity contribution in [2.24, 2.45) is 0 Å². The molecule has 220 valence electrons. The van der Waals surface area contributed by atoms with Crippen LogP contribution in [0.4, 0.5) is 16.0 Å². The number of aromatic nitrogens is 5. The quantitative estimate of drug-likeness (QED) is 0.185. The van der Waals surface area contributed by atoms with Gasteiger partial charge in [0.15, 0.2) is 17.1 Å². The highest BCUT2D eigenvalue weighted by Crippen LogP contribution is 2.26. The molecule has 1 fully saturated rings. The number of carbonyl (C=O) groups excluding carboxylic acids is 1. The van der Waals surface area contributed by atoms with Gasteiger partial charge in [0.1, 0.15) is 10.5 Å². The Labute approximate surface area is 241 Å². The van der Waals surface area contributed by atoms with Crippen molar-refractivity contribution in [2.75, 3.05) is 56.5 Å². The van der Waals surface area contributed by atoms with Crippen molar-refractivity contribution in [3.8, 4) is 11.6 Å². The van der Waals surface area contributed by atoms with Gasteiger partial charge in [-0.2, -0.15) is 9.50 Å². The molecule has 1 unspecified atom stereocenters. The van der Waals surface area contributed by atoms with E-state index in [-0.39, 0.29) is 22.9 Å². The maximum absolute atomic E-state index is 14.9. The third-order valence-corrected chi connectivity index (χ3v) is 8.09. The van der Waals surface area contributed by atoms with Gasteiger partial charge < -0.3 is 30.6 Å². The van der Waals surface area contributed by atoms with Crippen LogP contribution >= 0.6 is 11.3 Å². The Morgan fingerprint density at radius 3 is 2.69 bits per heavy atom. The van der Waals surface area contributed by atoms with Crippen molar-refractivity contribution < 1.29 is 23.8 Å². The number of amides is 1. The van der Waals surface area contributed by atoms with Crippen molar-refractivity contribution in [1.29, 1.82) is 0 Å². The molecule has 5 N–H and O–H groups in total. The number of hydrogen-bond donors (Lipinski definition) is 4. The molecular formula is C26H28FN9O5S. The second-order valence-electron chi connectivity index (χ2n) is 9.83. The molecule has 1 aromatic carbocycles. The van der Waals surface area contributed by atoms with Gasteiger partial charge in [0, 0.05) is 51.4 Å². The summed E-state index contributed by atoms with van der Waals surface area (Å²) in [5.41, 5.74) is 7.58. The highest BCUT2D eigenvalue weighted by molar-refractivity contribution is 7.17. The molecule has 0 spiro atoms. The van der Waals surface area contributed by atoms with Crippen LogP contribution in [0, 0.1) is 5.82 Å². The lowest BCUT2D eigenvalue weighted by atomic mass is 10.1. The van der Waals surface area contributed by atoms with Crippen LogP contribution in [0.2, 0.25) is 0 Å². The lowest BCUT2D eigenvalue weighted by molar-refractivity contribution is 0.0801. The van der Waals surface area contributed by atoms with E-state index in [1.807, 2.05) is 4.90 Å². The van der Waals surface area contributed by atoms with Crippen molar-refractivity contribution in [2.45, 2.75) is 12.6 Å². The fourth-order valence-electron chi connectivity index (χ4n) is 4.87. The molecule has 0 radical (unpaired) electrons. The van der Waals surface area contributed by atoms with Gasteiger partial charge in [-0.05, 0) is 30.3 Å². The molecule has 1 amide bonds. The van der Waals surface area contributed by atoms with E-state index < -0.39 is 24.4 Å². The topological polar surface area (TPSA) is 180 Å². The minimum Gasteiger partial charge on any atom is -0.461 e. The number of halogens is 1. The SMILES string of the molecule is Nc1nc2c(sc(=O)n2CCN2CCN(c3ccc(C(=O)NCC(O)CO)cc3F)CC2)c2nc(-c3ccco3)nn12. The third-order valence-electron chi connectivity index (χ3n) is 7.13. The zero-order valence-corrected chi connectivity index (χ0v) is 23.1. The van der Waals surface area contributed by atoms with Crippen LogP contribution in [-0.4, -0.2) is 97.1 Å². The first kappa shape index (κ1) is 27.8. The predicted octanol–water partition coefficient (Wildman–Crippen LogP) is 0.387. The largest absolute Gasteiger partial charge is 0.461 e. The second-order valence-corrected chi connectivity index (χ2v) is 10.8. The standard InChI is InChI=1S/C26H28FN9O5S/c27-17-12-15(24(39)29-13-16(38)14-37)3-4-18(17)34-8-5-33(6-9-34)7-10-35-22-20(42-26(35)40)23-30-21(19-2-1-11-41-19)32-36(23)25(28)31-22/h1-4,11-12,16,37-38H,5-10,13-14H2,(H2,28,31)(H,29,39). The van der Waals surface area contributed by atoms with Crippen molar-refractivity contribution in [3.63, 3.8) is 0 Å². The number of nitrogens with zero attached hydrogens (tertiary/aromatic N) is 7. The number of hydrogen-bond acceptors (Lipinski definition) is 12. The number of anilines is 2. The van der Waals surface area contributed by atoms with Crippen LogP contribution < -0.4 is 20.8 Å². The number of nitrogens with one attached hydrogen (secondary N) is 1. The van der Waals surface area contributed by atoms with Crippen LogP contribution in [0.5, 0.6) is 0 Å². The number of aliphatic hydroxyl groups is 2. The average molecular weight is 598 g/mol. The van der Waals surface area contributed by atoms with Gasteiger partial charge in [0.05, 0.1) is 24.7 Å². The minimum atomic E-state index is -1.08. The first-order valence-electron chi connectivity index (χ1n) is 13.3. The zero-order chi connectivity index (χ0) is 29.4. The normalized spacial score (nSPS) is 15.1. The monoisotopic (exact) mass is 597 g/mol. The molecule has 14 nitrogen and oxygen atoms in total. The van der Waals surface area contributed by atoms with Crippen molar-refractivity contribution >= 4 is 44.9 Å². The summed E-state index contributed by atoms with van der Waals surface area (Å²) >= 11 is 1.04. The van der Waals surface area contributed by atoms with Gasteiger partial charge in [-0.15, -0.1) is 5.10 Å². The maximum atomic E-state index is 14.9. The number of benzene rings is 1. The molecule has 5 aromatic rings. The fraction of sp³-hybridized carbons (Fsp3) is 0.346. The number of carbonyl (C=O) groups is 1. The molecule has 1 aliphatic heterocycles. The molecule has 1 aliphatic rings. The van der Waals surface area contributed by atoms with Gasteiger partial charge >= 0.3 is 4.87 Å². The van der Waals surface area contributed by atoms with E-state index in [2.05, 4.69) is 25.3 Å². The number of furan rings is 1. The summed E-state index contributed by atoms with van der Waals surface area (Å²) in [6.45, 7) is 2.78. The van der Waals surface area contributed by atoms with Gasteiger partial charge in [0.2, 0.25) is 11.8 Å². The fourth-order valence-corrected chi connectivity index (χ4v) is 5.80. The number of piperazine rings is 1. The van der Waals surface area contributed by atoms with Crippen LogP contribution in [0.3, 0.4) is 0 Å². The molecular weight excluding hydrogens is 569 g/mol. The summed E-state index contributed by atoms with van der Waals surface area (Å²) in [4.78, 5) is 38.1. The lowest BCUT2D eigenvalue weighted by Gasteiger charge is -2.36. The van der Waals surface area contributed by atoms with Crippen molar-refractivity contribution in [3.05, 3.63) is 57.6 Å². The summed E-state index contributed by atoms with van der Waals surface area (Å²) in [6, 6.07) is 7.73. The van der Waals surface area contributed by atoms with Gasteiger partial charge in [-0.3, -0.25) is 19.1 Å². The minimum absolute atomic E-state index is 0.108. The Kier molecular flexibility index (Phi) is 7.59. The third kappa shape index (κ3) is 5.32. The van der Waals surface area contributed by atoms with E-state index in [9.17, 15) is 19.1 Å². The van der Waals surface area contributed by atoms with Crippen molar-refractivity contribution in [1.82, 2.24) is 34.4 Å². The number of nitrogens with two attached hydrogens (primary N) is 1. The highest BCUT2D eigenvalue weighted by atomic mass is 32.1. The molecule has 1 saturated heterocycles. The molecule has 42 heavy (non-hydrogen) atoms. The summed E-state index contributed by atoms with van der Waals surface area (Å²) in [6.07, 6.45) is 0.447. The Balaban J connectivity index is 1.10. The van der Waals surface area contributed by atoms with Crippen LogP contribution in [0.25, 0.3) is 27.6 Å². The van der Waals surface area contributed by atoms with Gasteiger partial charge in [-0.1, -0.05) is 11.3 Å². The number of aliphatic hydroxyl groups excluding tert-OH is 2. The van der Waals surface area contributed by atoms with Crippen LogP contribution in [0.1, 0.15) is 10.4 Å². The van der Waals surface area contributed by atoms with Crippen LogP contribution in [0.15, 0.2) is 45.8 Å². The molecule has 5 heterocycles. The maximum Gasteiger partial charge on any atom is 0.309 e. The second kappa shape index (κ2) is 11.5. The summed E-state index contributed by atoms with van der Waals surface area (Å²) < 4.78 is 23.9. The van der Waals surface area contributed by atoms with Gasteiger partial charge in [-0.25, -0.2) is 9.37 Å². The smallest absolute Gasteiger partial charge is 0.309 e. The van der Waals surface area contributed by atoms with E-state index in [4.69, 9.17) is 15.3 Å². The van der Waals surface area contributed by atoms with E-state index in [0.29, 0.717) is 72.5 Å². The predicted molar refractivity (Wildman–Crippen MR) is 153 cm³/mol. The highest BCUT2D eigenvalue weighted by Gasteiger charge is 2.23.